The summed E-state index contributed by atoms with van der Waals surface area (Å²) in [6.07, 6.45) is 4.31. The van der Waals surface area contributed by atoms with E-state index in [-0.39, 0.29) is 6.10 Å². The van der Waals surface area contributed by atoms with Gasteiger partial charge in [0.25, 0.3) is 0 Å². The van der Waals surface area contributed by atoms with E-state index in [4.69, 9.17) is 0 Å². The average Bonchev–Trinajstić information content (AvgIpc) is 2.39. The number of halogens is 1. The second-order valence-electron chi connectivity index (χ2n) is 6.57. The summed E-state index contributed by atoms with van der Waals surface area (Å²) < 4.78 is 1.02. The third-order valence-electron chi connectivity index (χ3n) is 4.81. The van der Waals surface area contributed by atoms with Gasteiger partial charge in [0, 0.05) is 23.1 Å². The zero-order valence-corrected chi connectivity index (χ0v) is 14.9. The largest absolute Gasteiger partial charge is 0.388 e. The van der Waals surface area contributed by atoms with E-state index in [0.29, 0.717) is 5.54 Å². The fraction of sp³-hybridized carbons (Fsp3) is 0.647. The Kier molecular flexibility index (Phi) is 5.83. The van der Waals surface area contributed by atoms with Crippen LogP contribution in [0.2, 0.25) is 0 Å². The van der Waals surface area contributed by atoms with E-state index in [2.05, 4.69) is 46.9 Å². The molecule has 0 aromatic heterocycles. The van der Waals surface area contributed by atoms with Crippen LogP contribution in [-0.4, -0.2) is 54.7 Å². The molecular weight excluding hydrogens is 328 g/mol. The summed E-state index contributed by atoms with van der Waals surface area (Å²) >= 11 is 3.46. The second kappa shape index (κ2) is 7.23. The fourth-order valence-electron chi connectivity index (χ4n) is 3.14. The van der Waals surface area contributed by atoms with Crippen LogP contribution in [0.1, 0.15) is 37.4 Å². The van der Waals surface area contributed by atoms with Crippen LogP contribution in [0.25, 0.3) is 0 Å². The van der Waals surface area contributed by atoms with Gasteiger partial charge in [0.1, 0.15) is 0 Å². The van der Waals surface area contributed by atoms with Gasteiger partial charge >= 0.3 is 0 Å². The molecule has 3 nitrogen and oxygen atoms in total. The summed E-state index contributed by atoms with van der Waals surface area (Å²) in [5, 5.41) is 10.3. The third-order valence-corrected chi connectivity index (χ3v) is 5.31. The minimum atomic E-state index is -0.387. The number of aliphatic hydroxyl groups excluding tert-OH is 1. The summed E-state index contributed by atoms with van der Waals surface area (Å²) in [4.78, 5) is 4.73. The van der Waals surface area contributed by atoms with Gasteiger partial charge < -0.3 is 14.9 Å². The number of nitrogens with zero attached hydrogens (tertiary/aromatic N) is 2. The first-order valence-electron chi connectivity index (χ1n) is 7.72. The lowest BCUT2D eigenvalue weighted by atomic mass is 9.75. The summed E-state index contributed by atoms with van der Waals surface area (Å²) in [6.45, 7) is 2.01. The zero-order valence-electron chi connectivity index (χ0n) is 13.3. The lowest BCUT2D eigenvalue weighted by molar-refractivity contribution is 0.0239. The van der Waals surface area contributed by atoms with Crippen molar-refractivity contribution in [1.82, 2.24) is 9.80 Å². The predicted octanol–water partition coefficient (Wildman–Crippen LogP) is 3.29. The number of likely N-dealkylation sites (N-methyl/N-ethyl adjacent to an activating group) is 2. The Morgan fingerprint density at radius 2 is 2.00 bits per heavy atom. The molecule has 118 valence electrons. The highest BCUT2D eigenvalue weighted by Crippen LogP contribution is 2.36. The van der Waals surface area contributed by atoms with Crippen molar-refractivity contribution in [3.8, 4) is 0 Å². The Hall–Kier alpha value is -0.420. The first-order valence-corrected chi connectivity index (χ1v) is 8.52. The van der Waals surface area contributed by atoms with Crippen molar-refractivity contribution in [2.45, 2.75) is 37.3 Å². The Bertz CT molecular complexity index is 460. The van der Waals surface area contributed by atoms with Gasteiger partial charge in [0.2, 0.25) is 0 Å². The second-order valence-corrected chi connectivity index (χ2v) is 7.49. The van der Waals surface area contributed by atoms with Crippen molar-refractivity contribution < 1.29 is 5.11 Å². The minimum absolute atomic E-state index is 0.357. The molecule has 1 aromatic carbocycles. The number of hydrogen-bond donors (Lipinski definition) is 1. The summed E-state index contributed by atoms with van der Waals surface area (Å²) in [7, 11) is 6.53. The number of benzene rings is 1. The molecule has 21 heavy (non-hydrogen) atoms. The van der Waals surface area contributed by atoms with Gasteiger partial charge in [0.05, 0.1) is 6.10 Å². The van der Waals surface area contributed by atoms with Gasteiger partial charge in [-0.25, -0.2) is 0 Å². The Morgan fingerprint density at radius 3 is 2.52 bits per heavy atom. The number of hydrogen-bond acceptors (Lipinski definition) is 3. The highest BCUT2D eigenvalue weighted by Gasteiger charge is 2.39. The molecule has 0 radical (unpaired) electrons. The van der Waals surface area contributed by atoms with Crippen molar-refractivity contribution in [1.29, 1.82) is 0 Å². The molecule has 1 aliphatic carbocycles. The fourth-order valence-corrected chi connectivity index (χ4v) is 3.55. The van der Waals surface area contributed by atoms with Crippen molar-refractivity contribution in [2.24, 2.45) is 0 Å². The molecule has 1 aliphatic rings. The molecule has 0 saturated heterocycles. The average molecular weight is 355 g/mol. The van der Waals surface area contributed by atoms with Crippen LogP contribution in [0.5, 0.6) is 0 Å². The van der Waals surface area contributed by atoms with Crippen molar-refractivity contribution in [3.63, 3.8) is 0 Å². The van der Waals surface area contributed by atoms with E-state index in [1.54, 1.807) is 0 Å². The summed E-state index contributed by atoms with van der Waals surface area (Å²) in [5.41, 5.74) is 1.35. The van der Waals surface area contributed by atoms with Crippen LogP contribution in [0.4, 0.5) is 0 Å². The molecule has 1 aromatic rings. The number of rotatable bonds is 7. The first-order chi connectivity index (χ1) is 9.93. The first kappa shape index (κ1) is 16.9. The summed E-state index contributed by atoms with van der Waals surface area (Å²) in [6, 6.07) is 7.95. The molecule has 1 fully saturated rings. The standard InChI is InChI=1S/C17H27BrN2O/c1-19(2)17(9-5-10-17)13-20(3)11-8-16(21)14-6-4-7-15(18)12-14/h4,6-7,12,16,21H,5,8-11,13H2,1-3H3. The van der Waals surface area contributed by atoms with Crippen LogP contribution in [0.15, 0.2) is 28.7 Å². The normalized spacial score (nSPS) is 18.8. The smallest absolute Gasteiger partial charge is 0.0802 e. The van der Waals surface area contributed by atoms with E-state index in [9.17, 15) is 5.11 Å². The quantitative estimate of drug-likeness (QED) is 0.813. The monoisotopic (exact) mass is 354 g/mol. The van der Waals surface area contributed by atoms with Gasteiger partial charge in [-0.2, -0.15) is 0 Å². The highest BCUT2D eigenvalue weighted by molar-refractivity contribution is 9.10. The molecule has 1 atom stereocenters. The molecule has 0 heterocycles. The van der Waals surface area contributed by atoms with Crippen molar-refractivity contribution in [2.75, 3.05) is 34.2 Å². The van der Waals surface area contributed by atoms with E-state index in [1.807, 2.05) is 24.3 Å². The summed E-state index contributed by atoms with van der Waals surface area (Å²) in [5.74, 6) is 0. The molecule has 0 amide bonds. The Morgan fingerprint density at radius 1 is 1.29 bits per heavy atom. The molecule has 0 bridgehead atoms. The SMILES string of the molecule is CN(CCC(O)c1cccc(Br)c1)CC1(N(C)C)CCC1. The van der Waals surface area contributed by atoms with Gasteiger partial charge in [-0.15, -0.1) is 0 Å². The number of aliphatic hydroxyl groups is 1. The molecule has 2 rings (SSSR count). The topological polar surface area (TPSA) is 26.7 Å². The molecular formula is C17H27BrN2O. The van der Waals surface area contributed by atoms with Gasteiger partial charge in [-0.1, -0.05) is 28.1 Å². The minimum Gasteiger partial charge on any atom is -0.388 e. The van der Waals surface area contributed by atoms with Crippen LogP contribution in [0.3, 0.4) is 0 Å². The highest BCUT2D eigenvalue weighted by atomic mass is 79.9. The van der Waals surface area contributed by atoms with Crippen molar-refractivity contribution in [3.05, 3.63) is 34.3 Å². The van der Waals surface area contributed by atoms with Gasteiger partial charge in [0.15, 0.2) is 0 Å². The maximum absolute atomic E-state index is 10.3. The van der Waals surface area contributed by atoms with Crippen LogP contribution >= 0.6 is 15.9 Å². The van der Waals surface area contributed by atoms with Gasteiger partial charge in [-0.3, -0.25) is 0 Å². The van der Waals surface area contributed by atoms with E-state index in [1.165, 1.54) is 19.3 Å². The van der Waals surface area contributed by atoms with E-state index < -0.39 is 0 Å². The van der Waals surface area contributed by atoms with Crippen LogP contribution in [-0.2, 0) is 0 Å². The molecule has 0 aliphatic heterocycles. The third kappa shape index (κ3) is 4.28. The zero-order chi connectivity index (χ0) is 15.5. The molecule has 0 spiro atoms. The Balaban J connectivity index is 1.82. The van der Waals surface area contributed by atoms with E-state index >= 15 is 0 Å². The van der Waals surface area contributed by atoms with Crippen LogP contribution < -0.4 is 0 Å². The molecule has 1 N–H and O–H groups in total. The molecule has 1 unspecified atom stereocenters. The maximum Gasteiger partial charge on any atom is 0.0802 e. The predicted molar refractivity (Wildman–Crippen MR) is 91.5 cm³/mol. The lowest BCUT2D eigenvalue weighted by Gasteiger charge is -2.49. The van der Waals surface area contributed by atoms with Gasteiger partial charge in [-0.05, 0) is 64.5 Å². The lowest BCUT2D eigenvalue weighted by Crippen LogP contribution is -2.56. The molecule has 1 saturated carbocycles. The van der Waals surface area contributed by atoms with Crippen LogP contribution in [0, 0.1) is 0 Å². The Labute approximate surface area is 137 Å². The van der Waals surface area contributed by atoms with Crippen molar-refractivity contribution >= 4 is 15.9 Å². The van der Waals surface area contributed by atoms with E-state index in [0.717, 1.165) is 29.5 Å². The maximum atomic E-state index is 10.3. The molecule has 4 heteroatoms.